The molecule has 1 aliphatic heterocycles. The molecule has 0 saturated carbocycles. The second-order valence-corrected chi connectivity index (χ2v) is 32.0. The van der Waals surface area contributed by atoms with E-state index >= 15 is 0 Å². The van der Waals surface area contributed by atoms with Crippen molar-refractivity contribution >= 4 is 42.3 Å². The van der Waals surface area contributed by atoms with Crippen LogP contribution in [0.2, 0.25) is 77.6 Å². The summed E-state index contributed by atoms with van der Waals surface area (Å²) in [6, 6.07) is 1.73. The van der Waals surface area contributed by atoms with E-state index in [0.29, 0.717) is 32.8 Å². The van der Waals surface area contributed by atoms with Gasteiger partial charge in [0.1, 0.15) is 6.10 Å². The first kappa shape index (κ1) is 32.8. The maximum absolute atomic E-state index is 7.08. The van der Waals surface area contributed by atoms with Crippen LogP contribution in [0.4, 0.5) is 0 Å². The van der Waals surface area contributed by atoms with E-state index in [1.165, 1.54) is 0 Å². The van der Waals surface area contributed by atoms with E-state index in [1.807, 2.05) is 0 Å². The van der Waals surface area contributed by atoms with Crippen molar-refractivity contribution in [1.29, 1.82) is 0 Å². The lowest BCUT2D eigenvalue weighted by molar-refractivity contribution is 0.115. The van der Waals surface area contributed by atoms with Crippen LogP contribution in [0.3, 0.4) is 0 Å². The molecule has 0 aromatic rings. The van der Waals surface area contributed by atoms with Gasteiger partial charge in [0, 0.05) is 19.8 Å². The average molecular weight is 569 g/mol. The van der Waals surface area contributed by atoms with Crippen LogP contribution in [-0.4, -0.2) is 81.5 Å². The largest absolute Gasteiger partial charge is 0.437 e. The van der Waals surface area contributed by atoms with Gasteiger partial charge >= 0.3 is 25.7 Å². The maximum Gasteiger partial charge on any atom is 0.317 e. The summed E-state index contributed by atoms with van der Waals surface area (Å²) in [6.07, 6.45) is 2.62. The third-order valence-electron chi connectivity index (χ3n) is 4.77. The molecule has 0 bridgehead atoms. The lowest BCUT2D eigenvalue weighted by Crippen LogP contribution is -2.60. The van der Waals surface area contributed by atoms with Crippen molar-refractivity contribution in [3.05, 3.63) is 6.92 Å². The Bertz CT molecular complexity index is 581. The zero-order valence-corrected chi connectivity index (χ0v) is 28.6. The Kier molecular flexibility index (Phi) is 13.6. The molecule has 0 aromatic carbocycles. The summed E-state index contributed by atoms with van der Waals surface area (Å²) in [4.78, 5) is 0. The van der Waals surface area contributed by atoms with Crippen LogP contribution in [0, 0.1) is 6.92 Å². The molecule has 1 rings (SSSR count). The fourth-order valence-corrected chi connectivity index (χ4v) is 27.9. The van der Waals surface area contributed by atoms with E-state index in [2.05, 4.69) is 65.5 Å². The normalized spacial score (nSPS) is 20.7. The lowest BCUT2D eigenvalue weighted by atomic mass is 10.5. The molecule has 7 nitrogen and oxygen atoms in total. The van der Waals surface area contributed by atoms with Gasteiger partial charge in [-0.1, -0.05) is 0 Å². The number of hydrogen-bond donors (Lipinski definition) is 0. The number of ether oxygens (including phenoxy) is 3. The summed E-state index contributed by atoms with van der Waals surface area (Å²) >= 11 is 0. The van der Waals surface area contributed by atoms with Crippen LogP contribution >= 0.6 is 0 Å². The van der Waals surface area contributed by atoms with E-state index in [9.17, 15) is 0 Å². The van der Waals surface area contributed by atoms with E-state index in [4.69, 9.17) is 37.6 Å². The summed E-state index contributed by atoms with van der Waals surface area (Å²) in [5.74, 6) is 0. The second kappa shape index (κ2) is 14.1. The number of epoxide rings is 1. The summed E-state index contributed by atoms with van der Waals surface area (Å²) in [6.45, 7) is 31.0. The van der Waals surface area contributed by atoms with Gasteiger partial charge in [0.15, 0.2) is 16.6 Å². The Morgan fingerprint density at radius 2 is 1.18 bits per heavy atom. The third-order valence-corrected chi connectivity index (χ3v) is 23.0. The zero-order chi connectivity index (χ0) is 26.1. The maximum atomic E-state index is 7.08. The van der Waals surface area contributed by atoms with Gasteiger partial charge in [0.2, 0.25) is 0 Å². The minimum atomic E-state index is -2.61. The summed E-state index contributed by atoms with van der Waals surface area (Å²) in [5.41, 5.74) is 0. The van der Waals surface area contributed by atoms with Gasteiger partial charge < -0.3 is 30.7 Å². The van der Waals surface area contributed by atoms with Gasteiger partial charge in [-0.2, -0.15) is 0 Å². The molecule has 12 heteroatoms. The molecule has 3 unspecified atom stereocenters. The molecular formula is C22H52O7Si5. The average Bonchev–Trinajstić information content (AvgIpc) is 3.40. The number of rotatable bonds is 20. The molecule has 34 heavy (non-hydrogen) atoms. The molecule has 1 saturated heterocycles. The van der Waals surface area contributed by atoms with E-state index < -0.39 is 42.3 Å². The van der Waals surface area contributed by atoms with Crippen LogP contribution in [0.15, 0.2) is 0 Å². The van der Waals surface area contributed by atoms with Crippen molar-refractivity contribution in [2.45, 2.75) is 103 Å². The van der Waals surface area contributed by atoms with Crippen LogP contribution in [0.25, 0.3) is 0 Å². The molecule has 0 spiro atoms. The predicted molar refractivity (Wildman–Crippen MR) is 151 cm³/mol. The molecule has 3 atom stereocenters. The highest BCUT2D eigenvalue weighted by Crippen LogP contribution is 2.31. The van der Waals surface area contributed by atoms with E-state index in [1.54, 1.807) is 0 Å². The molecule has 202 valence electrons. The first-order valence-electron chi connectivity index (χ1n) is 12.7. The quantitative estimate of drug-likeness (QED) is 0.103. The Balaban J connectivity index is 2.94. The Morgan fingerprint density at radius 3 is 1.65 bits per heavy atom. The van der Waals surface area contributed by atoms with Crippen LogP contribution in [-0.2, 0) is 30.7 Å². The van der Waals surface area contributed by atoms with Gasteiger partial charge in [-0.15, -0.1) is 0 Å². The van der Waals surface area contributed by atoms with Crippen molar-refractivity contribution in [3.63, 3.8) is 0 Å². The first-order chi connectivity index (χ1) is 15.5. The fraction of sp³-hybridized carbons (Fsp3) is 0.955. The highest BCUT2D eigenvalue weighted by atomic mass is 28.5. The highest BCUT2D eigenvalue weighted by Gasteiger charge is 2.48. The third kappa shape index (κ3) is 16.5. The smallest absolute Gasteiger partial charge is 0.317 e. The molecular weight excluding hydrogens is 517 g/mol. The van der Waals surface area contributed by atoms with Crippen molar-refractivity contribution < 1.29 is 30.7 Å². The van der Waals surface area contributed by atoms with E-state index in [-0.39, 0.29) is 6.10 Å². The lowest BCUT2D eigenvalue weighted by Gasteiger charge is -2.44. The summed E-state index contributed by atoms with van der Waals surface area (Å²) < 4.78 is 44.0. The van der Waals surface area contributed by atoms with Crippen molar-refractivity contribution in [2.24, 2.45) is 0 Å². The first-order valence-corrected chi connectivity index (χ1v) is 27.4. The highest BCUT2D eigenvalue weighted by molar-refractivity contribution is 6.90. The molecule has 0 aliphatic carbocycles. The molecule has 0 amide bonds. The standard InChI is InChI=1S/C22H52O7Si5/c1-12-15-23-16-13-18-33(10,27-31(5,6)7)29-34(11,19-14-17-24-20-22-21-25-22)28-32(8,9)26-30(2,3)4/h1,22H,12-21H2,2-11H3. The summed E-state index contributed by atoms with van der Waals surface area (Å²) in [7, 11) is -11.1. The Hall–Kier alpha value is 0.804. The molecule has 1 heterocycles. The van der Waals surface area contributed by atoms with Crippen LogP contribution in [0.1, 0.15) is 19.3 Å². The van der Waals surface area contributed by atoms with Gasteiger partial charge in [-0.05, 0) is 104 Å². The minimum Gasteiger partial charge on any atom is -0.437 e. The second-order valence-electron chi connectivity index (χ2n) is 11.9. The SMILES string of the molecule is [CH]CCOCCC[Si](C)(O[Si](C)(C)C)O[Si](C)(CCCOCC1CO1)O[Si](C)(C)O[Si](C)(C)C. The molecule has 0 N–H and O–H groups in total. The van der Waals surface area contributed by atoms with Crippen molar-refractivity contribution in [1.82, 2.24) is 0 Å². The Labute approximate surface area is 215 Å². The van der Waals surface area contributed by atoms with Crippen LogP contribution < -0.4 is 0 Å². The molecule has 2 radical (unpaired) electrons. The molecule has 0 aromatic heterocycles. The van der Waals surface area contributed by atoms with Gasteiger partial charge in [0.05, 0.1) is 13.2 Å². The fourth-order valence-electron chi connectivity index (χ4n) is 4.18. The molecule has 1 fully saturated rings. The molecule has 1 aliphatic rings. The Morgan fingerprint density at radius 1 is 0.676 bits per heavy atom. The van der Waals surface area contributed by atoms with Gasteiger partial charge in [0.25, 0.3) is 0 Å². The van der Waals surface area contributed by atoms with Crippen molar-refractivity contribution in [3.8, 4) is 0 Å². The van der Waals surface area contributed by atoms with E-state index in [0.717, 1.165) is 31.5 Å². The van der Waals surface area contributed by atoms with Gasteiger partial charge in [-0.25, -0.2) is 0 Å². The monoisotopic (exact) mass is 568 g/mol. The minimum absolute atomic E-state index is 0.287. The zero-order valence-electron chi connectivity index (χ0n) is 23.6. The topological polar surface area (TPSA) is 67.9 Å². The van der Waals surface area contributed by atoms with Crippen molar-refractivity contribution in [2.75, 3.05) is 33.0 Å². The number of hydrogen-bond acceptors (Lipinski definition) is 7. The predicted octanol–water partition coefficient (Wildman–Crippen LogP) is 5.88. The van der Waals surface area contributed by atoms with Crippen LogP contribution in [0.5, 0.6) is 0 Å². The summed E-state index contributed by atoms with van der Waals surface area (Å²) in [5, 5.41) is 0. The van der Waals surface area contributed by atoms with Gasteiger partial charge in [-0.3, -0.25) is 0 Å².